The molecule has 0 saturated carbocycles. The van der Waals surface area contributed by atoms with Crippen LogP contribution in [-0.4, -0.2) is 13.1 Å². The zero-order chi connectivity index (χ0) is 10.9. The van der Waals surface area contributed by atoms with Crippen molar-refractivity contribution < 1.29 is 0 Å². The molecule has 0 aromatic carbocycles. The van der Waals surface area contributed by atoms with Crippen LogP contribution >= 0.6 is 11.3 Å². The molecule has 0 bridgehead atoms. The van der Waals surface area contributed by atoms with Crippen LogP contribution in [0.5, 0.6) is 0 Å². The third-order valence-corrected chi connectivity index (χ3v) is 2.98. The smallest absolute Gasteiger partial charge is 0.0436 e. The van der Waals surface area contributed by atoms with Gasteiger partial charge < -0.3 is 5.32 Å². The average Bonchev–Trinajstić information content (AvgIpc) is 2.76. The molecule has 0 aliphatic heterocycles. The van der Waals surface area contributed by atoms with Gasteiger partial charge in [0.05, 0.1) is 0 Å². The lowest BCUT2D eigenvalue weighted by Gasteiger charge is -2.04. The maximum absolute atomic E-state index is 3.25. The monoisotopic (exact) mass is 221 g/mol. The quantitative estimate of drug-likeness (QED) is 0.722. The molecular formula is C13H19NS. The van der Waals surface area contributed by atoms with E-state index in [4.69, 9.17) is 0 Å². The van der Waals surface area contributed by atoms with E-state index in [2.05, 4.69) is 54.1 Å². The van der Waals surface area contributed by atoms with Crippen molar-refractivity contribution in [1.29, 1.82) is 0 Å². The number of rotatable bonds is 6. The van der Waals surface area contributed by atoms with Gasteiger partial charge in [0.1, 0.15) is 0 Å². The molecule has 1 aromatic heterocycles. The molecule has 1 rings (SSSR count). The Morgan fingerprint density at radius 2 is 2.33 bits per heavy atom. The molecular weight excluding hydrogens is 202 g/mol. The van der Waals surface area contributed by atoms with Crippen molar-refractivity contribution in [3.05, 3.63) is 40.6 Å². The van der Waals surface area contributed by atoms with Crippen LogP contribution in [-0.2, 0) is 0 Å². The fourth-order valence-electron chi connectivity index (χ4n) is 1.25. The molecule has 1 aromatic rings. The highest BCUT2D eigenvalue weighted by Crippen LogP contribution is 2.10. The van der Waals surface area contributed by atoms with Gasteiger partial charge in [0.2, 0.25) is 0 Å². The van der Waals surface area contributed by atoms with E-state index in [1.807, 2.05) is 7.05 Å². The molecule has 0 spiro atoms. The number of thiophene rings is 1. The molecule has 0 aliphatic carbocycles. The first kappa shape index (κ1) is 12.2. The number of nitrogens with one attached hydrogen (secondary N) is 1. The Hall–Kier alpha value is -0.860. The molecule has 2 heteroatoms. The van der Waals surface area contributed by atoms with Crippen LogP contribution in [0.4, 0.5) is 0 Å². The third-order valence-electron chi connectivity index (χ3n) is 2.14. The Labute approximate surface area is 96.5 Å². The molecule has 1 heterocycles. The van der Waals surface area contributed by atoms with E-state index in [0.29, 0.717) is 6.04 Å². The van der Waals surface area contributed by atoms with Gasteiger partial charge in [-0.25, -0.2) is 0 Å². The molecule has 0 saturated heterocycles. The Balaban J connectivity index is 2.46. The second-order valence-electron chi connectivity index (χ2n) is 3.41. The van der Waals surface area contributed by atoms with E-state index < -0.39 is 0 Å². The minimum atomic E-state index is 0.346. The van der Waals surface area contributed by atoms with Crippen LogP contribution in [0.3, 0.4) is 0 Å². The highest BCUT2D eigenvalue weighted by atomic mass is 32.1. The number of hydrogen-bond acceptors (Lipinski definition) is 2. The van der Waals surface area contributed by atoms with Crippen molar-refractivity contribution in [3.8, 4) is 0 Å². The highest BCUT2D eigenvalue weighted by molar-refractivity contribution is 7.10. The van der Waals surface area contributed by atoms with E-state index in [-0.39, 0.29) is 0 Å². The summed E-state index contributed by atoms with van der Waals surface area (Å²) in [5, 5.41) is 5.35. The minimum Gasteiger partial charge on any atom is -0.310 e. The highest BCUT2D eigenvalue weighted by Gasteiger charge is 1.94. The molecule has 1 atom stereocenters. The predicted octanol–water partition coefficient (Wildman–Crippen LogP) is 3.71. The molecule has 1 unspecified atom stereocenters. The maximum atomic E-state index is 3.25. The van der Waals surface area contributed by atoms with Crippen molar-refractivity contribution >= 4 is 17.4 Å². The van der Waals surface area contributed by atoms with Gasteiger partial charge in [-0.15, -0.1) is 11.3 Å². The van der Waals surface area contributed by atoms with Crippen LogP contribution in [0.2, 0.25) is 0 Å². The van der Waals surface area contributed by atoms with E-state index in [1.54, 1.807) is 11.3 Å². The molecule has 82 valence electrons. The first-order chi connectivity index (χ1) is 7.36. The van der Waals surface area contributed by atoms with Gasteiger partial charge in [-0.3, -0.25) is 0 Å². The van der Waals surface area contributed by atoms with Gasteiger partial charge in [-0.1, -0.05) is 37.6 Å². The molecule has 0 aliphatic rings. The Bertz CT molecular complexity index is 298. The number of allylic oxidation sites excluding steroid dienone is 1. The first-order valence-corrected chi connectivity index (χ1v) is 6.30. The largest absolute Gasteiger partial charge is 0.310 e. The Kier molecular flexibility index (Phi) is 6.05. The summed E-state index contributed by atoms with van der Waals surface area (Å²) in [5.74, 6) is 0. The van der Waals surface area contributed by atoms with E-state index in [1.165, 1.54) is 11.3 Å². The zero-order valence-corrected chi connectivity index (χ0v) is 10.3. The molecule has 1 nitrogen and oxygen atoms in total. The topological polar surface area (TPSA) is 12.0 Å². The summed E-state index contributed by atoms with van der Waals surface area (Å²) in [7, 11) is 1.99. The number of hydrogen-bond donors (Lipinski definition) is 1. The minimum absolute atomic E-state index is 0.346. The fourth-order valence-corrected chi connectivity index (χ4v) is 1.88. The predicted molar refractivity (Wildman–Crippen MR) is 70.2 cm³/mol. The fraction of sp³-hybridized carbons (Fsp3) is 0.385. The zero-order valence-electron chi connectivity index (χ0n) is 9.44. The second kappa shape index (κ2) is 7.43. The summed E-state index contributed by atoms with van der Waals surface area (Å²) < 4.78 is 0. The van der Waals surface area contributed by atoms with Gasteiger partial charge in [0, 0.05) is 10.9 Å². The lowest BCUT2D eigenvalue weighted by molar-refractivity contribution is 0.787. The van der Waals surface area contributed by atoms with E-state index >= 15 is 0 Å². The summed E-state index contributed by atoms with van der Waals surface area (Å²) in [6, 6.07) is 4.55. The standard InChI is InChI=1S/C13H19NS/c1-3-4-5-7-12(14-2)9-10-13-8-6-11-15-13/h5-12,14H,3-4H2,1-2H3/b7-5-,10-9+. The number of likely N-dealkylation sites (N-methyl/N-ethyl adjacent to an activating group) is 1. The molecule has 15 heavy (non-hydrogen) atoms. The van der Waals surface area contributed by atoms with Crippen LogP contribution in [0.25, 0.3) is 6.08 Å². The molecule has 0 radical (unpaired) electrons. The molecule has 0 amide bonds. The van der Waals surface area contributed by atoms with Crippen LogP contribution < -0.4 is 5.32 Å². The SMILES string of the molecule is CCC/C=C\C(/C=C/c1cccs1)NC. The Morgan fingerprint density at radius 3 is 2.93 bits per heavy atom. The van der Waals surface area contributed by atoms with Crippen molar-refractivity contribution in [3.63, 3.8) is 0 Å². The van der Waals surface area contributed by atoms with Gasteiger partial charge in [-0.05, 0) is 31.0 Å². The number of unbranched alkanes of at least 4 members (excludes halogenated alkanes) is 1. The van der Waals surface area contributed by atoms with Gasteiger partial charge >= 0.3 is 0 Å². The summed E-state index contributed by atoms with van der Waals surface area (Å²) in [6.07, 6.45) is 11.2. The lowest BCUT2D eigenvalue weighted by atomic mass is 10.2. The van der Waals surface area contributed by atoms with Gasteiger partial charge in [0.25, 0.3) is 0 Å². The van der Waals surface area contributed by atoms with Crippen molar-refractivity contribution in [2.75, 3.05) is 7.05 Å². The summed E-state index contributed by atoms with van der Waals surface area (Å²) in [6.45, 7) is 2.19. The summed E-state index contributed by atoms with van der Waals surface area (Å²) in [4.78, 5) is 1.30. The molecule has 0 fully saturated rings. The van der Waals surface area contributed by atoms with Gasteiger partial charge in [0.15, 0.2) is 0 Å². The van der Waals surface area contributed by atoms with Crippen LogP contribution in [0.1, 0.15) is 24.6 Å². The summed E-state index contributed by atoms with van der Waals surface area (Å²) in [5.41, 5.74) is 0. The summed E-state index contributed by atoms with van der Waals surface area (Å²) >= 11 is 1.77. The normalized spacial score (nSPS) is 14.0. The lowest BCUT2D eigenvalue weighted by Crippen LogP contribution is -2.19. The third kappa shape index (κ3) is 4.96. The van der Waals surface area contributed by atoms with Crippen LogP contribution in [0.15, 0.2) is 35.7 Å². The Morgan fingerprint density at radius 1 is 1.47 bits per heavy atom. The van der Waals surface area contributed by atoms with Crippen molar-refractivity contribution in [2.45, 2.75) is 25.8 Å². The van der Waals surface area contributed by atoms with E-state index in [0.717, 1.165) is 6.42 Å². The van der Waals surface area contributed by atoms with E-state index in [9.17, 15) is 0 Å². The molecule has 1 N–H and O–H groups in total. The van der Waals surface area contributed by atoms with Crippen LogP contribution in [0, 0.1) is 0 Å². The van der Waals surface area contributed by atoms with Crippen molar-refractivity contribution in [2.24, 2.45) is 0 Å². The van der Waals surface area contributed by atoms with Crippen molar-refractivity contribution in [1.82, 2.24) is 5.32 Å². The maximum Gasteiger partial charge on any atom is 0.0436 e. The van der Waals surface area contributed by atoms with Gasteiger partial charge in [-0.2, -0.15) is 0 Å². The second-order valence-corrected chi connectivity index (χ2v) is 4.39. The average molecular weight is 221 g/mol. The first-order valence-electron chi connectivity index (χ1n) is 5.42.